The third-order valence-corrected chi connectivity index (χ3v) is 4.60. The molecule has 2 fully saturated rings. The highest BCUT2D eigenvalue weighted by Gasteiger charge is 2.33. The lowest BCUT2D eigenvalue weighted by atomic mass is 9.99. The van der Waals surface area contributed by atoms with Crippen molar-refractivity contribution in [2.45, 2.75) is 56.7 Å². The lowest BCUT2D eigenvalue weighted by molar-refractivity contribution is -0.384. The van der Waals surface area contributed by atoms with Gasteiger partial charge in [-0.15, -0.1) is 0 Å². The Morgan fingerprint density at radius 3 is 2.73 bits per heavy atom. The van der Waals surface area contributed by atoms with Gasteiger partial charge in [-0.2, -0.15) is 0 Å². The normalized spacial score (nSPS) is 26.6. The fourth-order valence-electron chi connectivity index (χ4n) is 3.56. The van der Waals surface area contributed by atoms with Crippen LogP contribution in [0.25, 0.3) is 0 Å². The molecule has 2 aliphatic rings. The van der Waals surface area contributed by atoms with Crippen LogP contribution < -0.4 is 10.6 Å². The quantitative estimate of drug-likeness (QED) is 0.643. The first-order chi connectivity index (χ1) is 10.6. The molecule has 1 aromatic rings. The number of piperidine rings is 1. The van der Waals surface area contributed by atoms with Gasteiger partial charge in [-0.1, -0.05) is 12.1 Å². The van der Waals surface area contributed by atoms with Crippen LogP contribution in [0.3, 0.4) is 0 Å². The van der Waals surface area contributed by atoms with Crippen LogP contribution in [0.5, 0.6) is 0 Å². The van der Waals surface area contributed by atoms with Crippen molar-refractivity contribution >= 4 is 11.6 Å². The van der Waals surface area contributed by atoms with Crippen molar-refractivity contribution in [3.63, 3.8) is 0 Å². The molecule has 6 heteroatoms. The highest BCUT2D eigenvalue weighted by molar-refractivity contribution is 5.76. The van der Waals surface area contributed by atoms with E-state index in [0.29, 0.717) is 24.9 Å². The van der Waals surface area contributed by atoms with Crippen molar-refractivity contribution in [1.82, 2.24) is 10.6 Å². The molecule has 0 spiro atoms. The Morgan fingerprint density at radius 1 is 1.32 bits per heavy atom. The van der Waals surface area contributed by atoms with E-state index in [1.165, 1.54) is 25.0 Å². The first-order valence-electron chi connectivity index (χ1n) is 7.89. The molecule has 2 heterocycles. The number of nitrogens with zero attached hydrogens (tertiary/aromatic N) is 1. The van der Waals surface area contributed by atoms with Gasteiger partial charge >= 0.3 is 0 Å². The Labute approximate surface area is 129 Å². The first kappa shape index (κ1) is 15.0. The number of nitro benzene ring substituents is 1. The van der Waals surface area contributed by atoms with E-state index in [0.717, 1.165) is 18.4 Å². The number of rotatable bonds is 5. The summed E-state index contributed by atoms with van der Waals surface area (Å²) in [4.78, 5) is 22.4. The first-order valence-corrected chi connectivity index (χ1v) is 7.89. The molecule has 2 saturated heterocycles. The average molecular weight is 303 g/mol. The summed E-state index contributed by atoms with van der Waals surface area (Å²) in [6, 6.07) is 7.88. The van der Waals surface area contributed by atoms with Crippen LogP contribution in [-0.4, -0.2) is 29.0 Å². The Morgan fingerprint density at radius 2 is 2.05 bits per heavy atom. The number of nitrogens with one attached hydrogen (secondary N) is 2. The van der Waals surface area contributed by atoms with E-state index in [9.17, 15) is 14.9 Å². The maximum Gasteiger partial charge on any atom is 0.269 e. The minimum absolute atomic E-state index is 0.0396. The van der Waals surface area contributed by atoms with E-state index in [-0.39, 0.29) is 17.6 Å². The second-order valence-corrected chi connectivity index (χ2v) is 6.30. The molecule has 0 saturated carbocycles. The lowest BCUT2D eigenvalue weighted by Crippen LogP contribution is -2.48. The largest absolute Gasteiger partial charge is 0.353 e. The van der Waals surface area contributed by atoms with Gasteiger partial charge in [0.15, 0.2) is 0 Å². The number of hydrogen-bond donors (Lipinski definition) is 2. The van der Waals surface area contributed by atoms with Crippen molar-refractivity contribution in [1.29, 1.82) is 0 Å². The molecule has 22 heavy (non-hydrogen) atoms. The fourth-order valence-corrected chi connectivity index (χ4v) is 3.56. The highest BCUT2D eigenvalue weighted by atomic mass is 16.6. The van der Waals surface area contributed by atoms with Crippen molar-refractivity contribution < 1.29 is 9.72 Å². The summed E-state index contributed by atoms with van der Waals surface area (Å²) in [6.45, 7) is 0. The number of hydrogen-bond acceptors (Lipinski definition) is 4. The van der Waals surface area contributed by atoms with Gasteiger partial charge in [-0.25, -0.2) is 0 Å². The third-order valence-electron chi connectivity index (χ3n) is 4.60. The minimum atomic E-state index is -0.408. The fraction of sp³-hybridized carbons (Fsp3) is 0.562. The molecule has 0 radical (unpaired) electrons. The van der Waals surface area contributed by atoms with Gasteiger partial charge in [-0.05, 0) is 37.7 Å². The van der Waals surface area contributed by atoms with Crippen LogP contribution in [0.15, 0.2) is 24.3 Å². The summed E-state index contributed by atoms with van der Waals surface area (Å²) < 4.78 is 0. The molecule has 2 unspecified atom stereocenters. The van der Waals surface area contributed by atoms with Crippen molar-refractivity contribution in [2.75, 3.05) is 0 Å². The van der Waals surface area contributed by atoms with E-state index >= 15 is 0 Å². The van der Waals surface area contributed by atoms with E-state index in [4.69, 9.17) is 0 Å². The highest BCUT2D eigenvalue weighted by Crippen LogP contribution is 2.26. The SMILES string of the molecule is O=C(CCc1cccc([N+](=O)[O-])c1)NC1CC2CCC(C1)N2. The standard InChI is InChI=1S/C16H21N3O3/c20-16(18-14-9-12-5-6-13(10-14)17-12)7-4-11-2-1-3-15(8-11)19(21)22/h1-3,8,12-14,17H,4-7,9-10H2,(H,18,20). The average Bonchev–Trinajstić information content (AvgIpc) is 2.84. The number of aryl methyl sites for hydroxylation is 1. The van der Waals surface area contributed by atoms with Gasteiger partial charge in [0.05, 0.1) is 4.92 Å². The summed E-state index contributed by atoms with van der Waals surface area (Å²) in [5.41, 5.74) is 0.905. The molecular formula is C16H21N3O3. The maximum atomic E-state index is 12.1. The zero-order valence-corrected chi connectivity index (χ0v) is 12.5. The molecule has 1 aromatic carbocycles. The monoisotopic (exact) mass is 303 g/mol. The van der Waals surface area contributed by atoms with Gasteiger partial charge in [0, 0.05) is 36.7 Å². The van der Waals surface area contributed by atoms with Crippen LogP contribution in [0.2, 0.25) is 0 Å². The van der Waals surface area contributed by atoms with Crippen LogP contribution in [0.4, 0.5) is 5.69 Å². The zero-order valence-electron chi connectivity index (χ0n) is 12.5. The Kier molecular flexibility index (Phi) is 4.38. The summed E-state index contributed by atoms with van der Waals surface area (Å²) in [5.74, 6) is 0.0396. The zero-order chi connectivity index (χ0) is 15.5. The molecule has 1 amide bonds. The van der Waals surface area contributed by atoms with Crippen molar-refractivity contribution in [3.8, 4) is 0 Å². The molecule has 118 valence electrons. The molecule has 6 nitrogen and oxygen atoms in total. The van der Waals surface area contributed by atoms with Gasteiger partial charge in [0.1, 0.15) is 0 Å². The lowest BCUT2D eigenvalue weighted by Gasteiger charge is -2.29. The number of amides is 1. The summed E-state index contributed by atoms with van der Waals surface area (Å²) in [5, 5.41) is 17.4. The molecule has 2 bridgehead atoms. The molecular weight excluding hydrogens is 282 g/mol. The van der Waals surface area contributed by atoms with Gasteiger partial charge in [0.25, 0.3) is 5.69 Å². The smallest absolute Gasteiger partial charge is 0.269 e. The van der Waals surface area contributed by atoms with Crippen molar-refractivity contribution in [2.24, 2.45) is 0 Å². The van der Waals surface area contributed by atoms with Gasteiger partial charge in [0.2, 0.25) is 5.91 Å². The third kappa shape index (κ3) is 3.62. The maximum absolute atomic E-state index is 12.1. The van der Waals surface area contributed by atoms with E-state index < -0.39 is 4.92 Å². The predicted molar refractivity (Wildman–Crippen MR) is 82.5 cm³/mol. The van der Waals surface area contributed by atoms with E-state index in [1.807, 2.05) is 6.07 Å². The minimum Gasteiger partial charge on any atom is -0.353 e. The predicted octanol–water partition coefficient (Wildman–Crippen LogP) is 1.93. The number of carbonyl (C=O) groups is 1. The molecule has 2 atom stereocenters. The molecule has 2 aliphatic heterocycles. The number of non-ortho nitro benzene ring substituents is 1. The van der Waals surface area contributed by atoms with E-state index in [1.54, 1.807) is 6.07 Å². The molecule has 3 rings (SSSR count). The van der Waals surface area contributed by atoms with Gasteiger partial charge in [-0.3, -0.25) is 14.9 Å². The topological polar surface area (TPSA) is 84.3 Å². The number of carbonyl (C=O) groups excluding carboxylic acids is 1. The van der Waals surface area contributed by atoms with Gasteiger partial charge < -0.3 is 10.6 Å². The number of fused-ring (bicyclic) bond motifs is 2. The second-order valence-electron chi connectivity index (χ2n) is 6.30. The van der Waals surface area contributed by atoms with Crippen LogP contribution in [0.1, 0.15) is 37.7 Å². The summed E-state index contributed by atoms with van der Waals surface area (Å²) >= 11 is 0. The van der Waals surface area contributed by atoms with Crippen LogP contribution in [-0.2, 0) is 11.2 Å². The second kappa shape index (κ2) is 6.44. The molecule has 0 aliphatic carbocycles. The summed E-state index contributed by atoms with van der Waals surface area (Å²) in [6.07, 6.45) is 5.36. The molecule has 2 N–H and O–H groups in total. The van der Waals surface area contributed by atoms with E-state index in [2.05, 4.69) is 10.6 Å². The Hall–Kier alpha value is -1.95. The molecule has 0 aromatic heterocycles. The van der Waals surface area contributed by atoms with Crippen molar-refractivity contribution in [3.05, 3.63) is 39.9 Å². The number of nitro groups is 1. The Balaban J connectivity index is 1.48. The summed E-state index contributed by atoms with van der Waals surface area (Å²) in [7, 11) is 0. The van der Waals surface area contributed by atoms with Crippen LogP contribution >= 0.6 is 0 Å². The Bertz CT molecular complexity index is 564. The number of benzene rings is 1. The van der Waals surface area contributed by atoms with Crippen LogP contribution in [0, 0.1) is 10.1 Å².